The minimum Gasteiger partial charge on any atom is -0.497 e. The lowest BCUT2D eigenvalue weighted by atomic mass is 10.1. The number of rotatable bonds is 5. The van der Waals surface area contributed by atoms with Gasteiger partial charge in [-0.05, 0) is 48.4 Å². The van der Waals surface area contributed by atoms with Crippen molar-refractivity contribution in [2.75, 3.05) is 45.2 Å². The number of piperazine rings is 1. The summed E-state index contributed by atoms with van der Waals surface area (Å²) in [5, 5.41) is 11.7. The summed E-state index contributed by atoms with van der Waals surface area (Å²) in [6.07, 6.45) is 0.988. The molecule has 2 amide bonds. The molecule has 3 rings (SSSR count). The Kier molecular flexibility index (Phi) is 6.29. The molecule has 1 heterocycles. The molecule has 2 aromatic rings. The van der Waals surface area contributed by atoms with E-state index in [9.17, 15) is 4.79 Å². The Morgan fingerprint density at radius 2 is 1.74 bits per heavy atom. The lowest BCUT2D eigenvalue weighted by Gasteiger charge is -2.34. The maximum Gasteiger partial charge on any atom is 0.321 e. The number of amides is 2. The largest absolute Gasteiger partial charge is 0.497 e. The van der Waals surface area contributed by atoms with E-state index in [1.54, 1.807) is 31.4 Å². The van der Waals surface area contributed by atoms with Gasteiger partial charge in [0.1, 0.15) is 5.75 Å². The molecule has 1 aliphatic heterocycles. The first-order valence-electron chi connectivity index (χ1n) is 9.09. The number of nitrogens with zero attached hydrogens (tertiary/aromatic N) is 3. The number of nitriles is 1. The number of hydrogen-bond donors (Lipinski definition) is 1. The third kappa shape index (κ3) is 5.22. The summed E-state index contributed by atoms with van der Waals surface area (Å²) in [6.45, 7) is 4.15. The van der Waals surface area contributed by atoms with Gasteiger partial charge in [0, 0.05) is 38.4 Å². The molecule has 27 heavy (non-hydrogen) atoms. The zero-order valence-electron chi connectivity index (χ0n) is 15.5. The first kappa shape index (κ1) is 18.7. The van der Waals surface area contributed by atoms with E-state index >= 15 is 0 Å². The van der Waals surface area contributed by atoms with Gasteiger partial charge >= 0.3 is 6.03 Å². The zero-order chi connectivity index (χ0) is 19.1. The van der Waals surface area contributed by atoms with Crippen molar-refractivity contribution >= 4 is 11.7 Å². The predicted molar refractivity (Wildman–Crippen MR) is 105 cm³/mol. The maximum absolute atomic E-state index is 12.4. The third-order valence-electron chi connectivity index (χ3n) is 4.80. The van der Waals surface area contributed by atoms with E-state index in [1.807, 2.05) is 17.0 Å². The fourth-order valence-corrected chi connectivity index (χ4v) is 3.08. The highest BCUT2D eigenvalue weighted by Crippen LogP contribution is 2.13. The van der Waals surface area contributed by atoms with E-state index in [4.69, 9.17) is 10.00 Å². The summed E-state index contributed by atoms with van der Waals surface area (Å²) in [4.78, 5) is 16.6. The van der Waals surface area contributed by atoms with Gasteiger partial charge in [-0.25, -0.2) is 4.79 Å². The van der Waals surface area contributed by atoms with Crippen LogP contribution >= 0.6 is 0 Å². The van der Waals surface area contributed by atoms with Crippen molar-refractivity contribution in [3.8, 4) is 11.8 Å². The van der Waals surface area contributed by atoms with Crippen molar-refractivity contribution in [1.82, 2.24) is 9.80 Å². The van der Waals surface area contributed by atoms with Crippen LogP contribution in [0, 0.1) is 11.3 Å². The Morgan fingerprint density at radius 3 is 2.33 bits per heavy atom. The van der Waals surface area contributed by atoms with E-state index in [2.05, 4.69) is 28.4 Å². The molecule has 0 aromatic heterocycles. The number of carbonyl (C=O) groups is 1. The van der Waals surface area contributed by atoms with Crippen molar-refractivity contribution in [3.05, 3.63) is 59.7 Å². The van der Waals surface area contributed by atoms with Crippen molar-refractivity contribution in [2.45, 2.75) is 6.42 Å². The summed E-state index contributed by atoms with van der Waals surface area (Å²) in [7, 11) is 1.67. The van der Waals surface area contributed by atoms with Crippen LogP contribution in [0.3, 0.4) is 0 Å². The quantitative estimate of drug-likeness (QED) is 0.886. The number of anilines is 1. The molecule has 2 aromatic carbocycles. The fraction of sp³-hybridized carbons (Fsp3) is 0.333. The van der Waals surface area contributed by atoms with Crippen molar-refractivity contribution < 1.29 is 9.53 Å². The van der Waals surface area contributed by atoms with Gasteiger partial charge in [0.25, 0.3) is 0 Å². The third-order valence-corrected chi connectivity index (χ3v) is 4.80. The van der Waals surface area contributed by atoms with E-state index in [0.29, 0.717) is 24.3 Å². The summed E-state index contributed by atoms with van der Waals surface area (Å²) in [5.41, 5.74) is 2.58. The van der Waals surface area contributed by atoms with Gasteiger partial charge in [-0.2, -0.15) is 5.26 Å². The summed E-state index contributed by atoms with van der Waals surface area (Å²) in [6, 6.07) is 17.1. The van der Waals surface area contributed by atoms with Crippen LogP contribution in [0.2, 0.25) is 0 Å². The number of methoxy groups -OCH3 is 1. The lowest BCUT2D eigenvalue weighted by molar-refractivity contribution is 0.148. The average Bonchev–Trinajstić information content (AvgIpc) is 2.73. The number of hydrogen-bond acceptors (Lipinski definition) is 4. The lowest BCUT2D eigenvalue weighted by Crippen LogP contribution is -2.50. The Balaban J connectivity index is 1.42. The molecule has 6 heteroatoms. The van der Waals surface area contributed by atoms with Crippen LogP contribution in [0.15, 0.2) is 48.5 Å². The normalized spacial score (nSPS) is 14.4. The van der Waals surface area contributed by atoms with Crippen LogP contribution in [0.25, 0.3) is 0 Å². The SMILES string of the molecule is COc1ccc(CCN2CCN(C(=O)Nc3ccc(C#N)cc3)CC2)cc1. The highest BCUT2D eigenvalue weighted by atomic mass is 16.5. The van der Waals surface area contributed by atoms with Crippen molar-refractivity contribution in [1.29, 1.82) is 5.26 Å². The van der Waals surface area contributed by atoms with Gasteiger partial charge in [0.05, 0.1) is 18.7 Å². The maximum atomic E-state index is 12.4. The standard InChI is InChI=1S/C21H24N4O2/c1-27-20-8-4-17(5-9-20)10-11-24-12-14-25(15-13-24)21(26)23-19-6-2-18(16-22)3-7-19/h2-9H,10-15H2,1H3,(H,23,26). The van der Waals surface area contributed by atoms with Crippen LogP contribution < -0.4 is 10.1 Å². The van der Waals surface area contributed by atoms with Crippen molar-refractivity contribution in [2.24, 2.45) is 0 Å². The first-order valence-corrected chi connectivity index (χ1v) is 9.09. The molecule has 1 aliphatic rings. The number of ether oxygens (including phenoxy) is 1. The summed E-state index contributed by atoms with van der Waals surface area (Å²) < 4.78 is 5.18. The topological polar surface area (TPSA) is 68.6 Å². The minimum atomic E-state index is -0.0884. The number of nitrogens with one attached hydrogen (secondary N) is 1. The molecule has 1 N–H and O–H groups in total. The molecule has 0 unspecified atom stereocenters. The first-order chi connectivity index (χ1) is 13.2. The molecule has 140 valence electrons. The molecular weight excluding hydrogens is 340 g/mol. The molecule has 0 spiro atoms. The molecule has 0 radical (unpaired) electrons. The monoisotopic (exact) mass is 364 g/mol. The molecule has 1 saturated heterocycles. The Morgan fingerprint density at radius 1 is 1.07 bits per heavy atom. The molecule has 0 saturated carbocycles. The molecule has 6 nitrogen and oxygen atoms in total. The second-order valence-corrected chi connectivity index (χ2v) is 6.55. The second-order valence-electron chi connectivity index (χ2n) is 6.55. The summed E-state index contributed by atoms with van der Waals surface area (Å²) >= 11 is 0. The smallest absolute Gasteiger partial charge is 0.321 e. The van der Waals surface area contributed by atoms with Crippen molar-refractivity contribution in [3.63, 3.8) is 0 Å². The molecule has 0 aliphatic carbocycles. The van der Waals surface area contributed by atoms with Crippen LogP contribution in [0.5, 0.6) is 5.75 Å². The number of carbonyl (C=O) groups excluding carboxylic acids is 1. The molecule has 0 atom stereocenters. The zero-order valence-corrected chi connectivity index (χ0v) is 15.5. The van der Waals surface area contributed by atoms with Crippen LogP contribution in [0.4, 0.5) is 10.5 Å². The fourth-order valence-electron chi connectivity index (χ4n) is 3.08. The second kappa shape index (κ2) is 9.06. The van der Waals surface area contributed by atoms with Gasteiger partial charge in [-0.1, -0.05) is 12.1 Å². The summed E-state index contributed by atoms with van der Waals surface area (Å²) in [5.74, 6) is 0.876. The van der Waals surface area contributed by atoms with E-state index in [0.717, 1.165) is 31.8 Å². The minimum absolute atomic E-state index is 0.0884. The van der Waals surface area contributed by atoms with E-state index in [1.165, 1.54) is 5.56 Å². The van der Waals surface area contributed by atoms with Crippen LogP contribution in [0.1, 0.15) is 11.1 Å². The van der Waals surface area contributed by atoms with Gasteiger partial charge in [-0.15, -0.1) is 0 Å². The number of benzene rings is 2. The average molecular weight is 364 g/mol. The molecular formula is C21H24N4O2. The predicted octanol–water partition coefficient (Wildman–Crippen LogP) is 2.96. The van der Waals surface area contributed by atoms with E-state index < -0.39 is 0 Å². The Bertz CT molecular complexity index is 788. The van der Waals surface area contributed by atoms with Crippen LogP contribution in [-0.4, -0.2) is 55.7 Å². The van der Waals surface area contributed by atoms with Gasteiger partial charge in [0.15, 0.2) is 0 Å². The Labute approximate surface area is 160 Å². The van der Waals surface area contributed by atoms with E-state index in [-0.39, 0.29) is 6.03 Å². The van der Waals surface area contributed by atoms with Gasteiger partial charge in [-0.3, -0.25) is 4.90 Å². The van der Waals surface area contributed by atoms with Gasteiger partial charge < -0.3 is 15.0 Å². The number of urea groups is 1. The Hall–Kier alpha value is -3.04. The highest BCUT2D eigenvalue weighted by molar-refractivity contribution is 5.89. The molecule has 1 fully saturated rings. The highest BCUT2D eigenvalue weighted by Gasteiger charge is 2.20. The van der Waals surface area contributed by atoms with Crippen LogP contribution in [-0.2, 0) is 6.42 Å². The molecule has 0 bridgehead atoms. The van der Waals surface area contributed by atoms with Gasteiger partial charge in [0.2, 0.25) is 0 Å².